The van der Waals surface area contributed by atoms with Crippen molar-refractivity contribution in [1.29, 1.82) is 0 Å². The van der Waals surface area contributed by atoms with Crippen molar-refractivity contribution in [2.45, 2.75) is 6.54 Å². The molecular weight excluding hydrogens is 316 g/mol. The summed E-state index contributed by atoms with van der Waals surface area (Å²) in [6, 6.07) is 22.8. The quantitative estimate of drug-likeness (QED) is 0.390. The van der Waals surface area contributed by atoms with E-state index in [9.17, 15) is 10.1 Å². The number of hydrogen-bond acceptors (Lipinski definition) is 3. The maximum Gasteiger partial charge on any atom is 0.269 e. The van der Waals surface area contributed by atoms with Gasteiger partial charge < -0.3 is 9.30 Å². The molecule has 4 rings (SSSR count). The third-order valence-electron chi connectivity index (χ3n) is 4.31. The van der Waals surface area contributed by atoms with E-state index in [2.05, 4.69) is 28.8 Å². The van der Waals surface area contributed by atoms with E-state index in [4.69, 9.17) is 4.74 Å². The van der Waals surface area contributed by atoms with Crippen LogP contribution in [-0.2, 0) is 6.54 Å². The maximum atomic E-state index is 10.7. The first kappa shape index (κ1) is 15.2. The van der Waals surface area contributed by atoms with Crippen molar-refractivity contribution in [3.8, 4) is 5.75 Å². The van der Waals surface area contributed by atoms with Gasteiger partial charge in [-0.15, -0.1) is 0 Å². The zero-order chi connectivity index (χ0) is 17.2. The smallest absolute Gasteiger partial charge is 0.269 e. The van der Waals surface area contributed by atoms with Gasteiger partial charge in [0.15, 0.2) is 0 Å². The molecule has 0 atom stereocenters. The van der Waals surface area contributed by atoms with E-state index in [1.807, 2.05) is 24.3 Å². The molecule has 3 aromatic carbocycles. The standard InChI is InChI=1S/C20H16N2O3/c23-22(24)15-9-11-16(12-10-15)25-14-13-21-19-7-3-1-5-17(19)18-6-2-4-8-20(18)21/h1-12H,13-14H2. The van der Waals surface area contributed by atoms with Crippen LogP contribution in [-0.4, -0.2) is 16.1 Å². The summed E-state index contributed by atoms with van der Waals surface area (Å²) in [6.07, 6.45) is 0. The Balaban J connectivity index is 1.57. The molecule has 0 aliphatic carbocycles. The molecule has 0 N–H and O–H groups in total. The lowest BCUT2D eigenvalue weighted by Gasteiger charge is -2.09. The molecular formula is C20H16N2O3. The molecule has 124 valence electrons. The molecule has 0 fully saturated rings. The van der Waals surface area contributed by atoms with E-state index < -0.39 is 4.92 Å². The number of nitro groups is 1. The minimum Gasteiger partial charge on any atom is -0.492 e. The lowest BCUT2D eigenvalue weighted by molar-refractivity contribution is -0.384. The molecule has 0 unspecified atom stereocenters. The van der Waals surface area contributed by atoms with E-state index in [0.717, 1.165) is 0 Å². The Bertz CT molecular complexity index is 998. The van der Waals surface area contributed by atoms with Gasteiger partial charge in [0, 0.05) is 33.9 Å². The number of benzene rings is 3. The van der Waals surface area contributed by atoms with Crippen molar-refractivity contribution in [3.05, 3.63) is 82.9 Å². The molecule has 0 aliphatic rings. The van der Waals surface area contributed by atoms with Gasteiger partial charge in [-0.1, -0.05) is 36.4 Å². The highest BCUT2D eigenvalue weighted by atomic mass is 16.6. The molecule has 0 saturated carbocycles. The number of aromatic nitrogens is 1. The predicted octanol–water partition coefficient (Wildman–Crippen LogP) is 4.78. The first-order valence-electron chi connectivity index (χ1n) is 8.07. The van der Waals surface area contributed by atoms with Crippen LogP contribution < -0.4 is 4.74 Å². The monoisotopic (exact) mass is 332 g/mol. The third-order valence-corrected chi connectivity index (χ3v) is 4.31. The van der Waals surface area contributed by atoms with Crippen molar-refractivity contribution in [2.75, 3.05) is 6.61 Å². The number of hydrogen-bond donors (Lipinski definition) is 0. The highest BCUT2D eigenvalue weighted by Gasteiger charge is 2.09. The van der Waals surface area contributed by atoms with Crippen molar-refractivity contribution in [2.24, 2.45) is 0 Å². The van der Waals surface area contributed by atoms with Gasteiger partial charge in [-0.25, -0.2) is 0 Å². The largest absolute Gasteiger partial charge is 0.492 e. The zero-order valence-corrected chi connectivity index (χ0v) is 13.5. The summed E-state index contributed by atoms with van der Waals surface area (Å²) in [5, 5.41) is 13.2. The van der Waals surface area contributed by atoms with Crippen LogP contribution in [0.15, 0.2) is 72.8 Å². The second kappa shape index (κ2) is 6.28. The first-order chi connectivity index (χ1) is 12.2. The van der Waals surface area contributed by atoms with Gasteiger partial charge in [0.1, 0.15) is 12.4 Å². The molecule has 4 aromatic rings. The van der Waals surface area contributed by atoms with Crippen LogP contribution in [0, 0.1) is 10.1 Å². The summed E-state index contributed by atoms with van der Waals surface area (Å²) < 4.78 is 8.01. The molecule has 0 saturated heterocycles. The number of fused-ring (bicyclic) bond motifs is 3. The summed E-state index contributed by atoms with van der Waals surface area (Å²) >= 11 is 0. The Labute approximate surface area is 144 Å². The summed E-state index contributed by atoms with van der Waals surface area (Å²) in [7, 11) is 0. The van der Waals surface area contributed by atoms with Gasteiger partial charge >= 0.3 is 0 Å². The average Bonchev–Trinajstić information content (AvgIpc) is 2.97. The Hall–Kier alpha value is -3.34. The number of rotatable bonds is 5. The van der Waals surface area contributed by atoms with Crippen molar-refractivity contribution < 1.29 is 9.66 Å². The Morgan fingerprint density at radius 3 is 1.96 bits per heavy atom. The average molecular weight is 332 g/mol. The summed E-state index contributed by atoms with van der Waals surface area (Å²) in [6.45, 7) is 1.19. The van der Waals surface area contributed by atoms with Crippen molar-refractivity contribution >= 4 is 27.5 Å². The van der Waals surface area contributed by atoms with E-state index >= 15 is 0 Å². The number of ether oxygens (including phenoxy) is 1. The van der Waals surface area contributed by atoms with Gasteiger partial charge in [0.25, 0.3) is 5.69 Å². The van der Waals surface area contributed by atoms with Crippen molar-refractivity contribution in [1.82, 2.24) is 4.57 Å². The van der Waals surface area contributed by atoms with Gasteiger partial charge in [0.2, 0.25) is 0 Å². The van der Waals surface area contributed by atoms with E-state index in [1.165, 1.54) is 33.9 Å². The topological polar surface area (TPSA) is 57.3 Å². The Morgan fingerprint density at radius 2 is 1.40 bits per heavy atom. The lowest BCUT2D eigenvalue weighted by atomic mass is 10.2. The molecule has 1 heterocycles. The van der Waals surface area contributed by atoms with Gasteiger partial charge in [-0.3, -0.25) is 10.1 Å². The Morgan fingerprint density at radius 1 is 0.840 bits per heavy atom. The molecule has 5 heteroatoms. The fourth-order valence-electron chi connectivity index (χ4n) is 3.16. The van der Waals surface area contributed by atoms with Gasteiger partial charge in [0.05, 0.1) is 11.5 Å². The zero-order valence-electron chi connectivity index (χ0n) is 13.5. The first-order valence-corrected chi connectivity index (χ1v) is 8.07. The summed E-state index contributed by atoms with van der Waals surface area (Å²) in [4.78, 5) is 10.3. The van der Waals surface area contributed by atoms with Gasteiger partial charge in [-0.05, 0) is 24.3 Å². The van der Waals surface area contributed by atoms with Crippen LogP contribution in [0.4, 0.5) is 5.69 Å². The normalized spacial score (nSPS) is 11.0. The molecule has 5 nitrogen and oxygen atoms in total. The molecule has 1 aromatic heterocycles. The minimum absolute atomic E-state index is 0.0646. The number of non-ortho nitro benzene ring substituents is 1. The lowest BCUT2D eigenvalue weighted by Crippen LogP contribution is -2.07. The van der Waals surface area contributed by atoms with Crippen LogP contribution in [0.2, 0.25) is 0 Å². The predicted molar refractivity (Wildman–Crippen MR) is 98.0 cm³/mol. The van der Waals surface area contributed by atoms with E-state index in [1.54, 1.807) is 12.1 Å². The SMILES string of the molecule is O=[N+]([O-])c1ccc(OCCn2c3ccccc3c3ccccc32)cc1. The maximum absolute atomic E-state index is 10.7. The summed E-state index contributed by atoms with van der Waals surface area (Å²) in [5.74, 6) is 0.631. The molecule has 0 bridgehead atoms. The highest BCUT2D eigenvalue weighted by molar-refractivity contribution is 6.07. The van der Waals surface area contributed by atoms with Gasteiger partial charge in [-0.2, -0.15) is 0 Å². The number of nitrogens with zero attached hydrogens (tertiary/aromatic N) is 2. The Kier molecular flexibility index (Phi) is 3.82. The highest BCUT2D eigenvalue weighted by Crippen LogP contribution is 2.28. The summed E-state index contributed by atoms with van der Waals surface area (Å²) in [5.41, 5.74) is 2.42. The fraction of sp³-hybridized carbons (Fsp3) is 0.100. The molecule has 0 aliphatic heterocycles. The van der Waals surface area contributed by atoms with Crippen LogP contribution in [0.3, 0.4) is 0 Å². The molecule has 25 heavy (non-hydrogen) atoms. The number of para-hydroxylation sites is 2. The second-order valence-electron chi connectivity index (χ2n) is 5.79. The molecule has 0 spiro atoms. The molecule has 0 amide bonds. The van der Waals surface area contributed by atoms with Crippen LogP contribution in [0.1, 0.15) is 0 Å². The minimum atomic E-state index is -0.415. The van der Waals surface area contributed by atoms with Crippen LogP contribution >= 0.6 is 0 Å². The fourth-order valence-corrected chi connectivity index (χ4v) is 3.16. The number of nitro benzene ring substituents is 1. The van der Waals surface area contributed by atoms with Crippen LogP contribution in [0.5, 0.6) is 5.75 Å². The second-order valence-corrected chi connectivity index (χ2v) is 5.79. The van der Waals surface area contributed by atoms with E-state index in [-0.39, 0.29) is 5.69 Å². The third kappa shape index (κ3) is 2.80. The molecule has 0 radical (unpaired) electrons. The van der Waals surface area contributed by atoms with E-state index in [0.29, 0.717) is 18.9 Å². The van der Waals surface area contributed by atoms with Crippen molar-refractivity contribution in [3.63, 3.8) is 0 Å². The van der Waals surface area contributed by atoms with Crippen LogP contribution in [0.25, 0.3) is 21.8 Å².